The van der Waals surface area contributed by atoms with Crippen molar-refractivity contribution in [3.63, 3.8) is 0 Å². The van der Waals surface area contributed by atoms with Gasteiger partial charge in [0.2, 0.25) is 5.91 Å². The molecular weight excluding hydrogens is 258 g/mol. The zero-order valence-corrected chi connectivity index (χ0v) is 10.6. The van der Waals surface area contributed by atoms with Crippen molar-refractivity contribution < 1.29 is 4.79 Å². The summed E-state index contributed by atoms with van der Waals surface area (Å²) in [5.74, 6) is 0.0878. The molecule has 0 unspecified atom stereocenters. The van der Waals surface area contributed by atoms with E-state index < -0.39 is 5.91 Å². The summed E-state index contributed by atoms with van der Waals surface area (Å²) in [6.45, 7) is 0. The molecule has 2 heterocycles. The van der Waals surface area contributed by atoms with Gasteiger partial charge in [0.15, 0.2) is 17.0 Å². The molecule has 0 fully saturated rings. The van der Waals surface area contributed by atoms with Crippen molar-refractivity contribution in [1.82, 2.24) is 25.0 Å². The number of fused-ring (bicyclic) bond motifs is 1. The summed E-state index contributed by atoms with van der Waals surface area (Å²) >= 11 is 0. The van der Waals surface area contributed by atoms with E-state index in [2.05, 4.69) is 25.6 Å². The SMILES string of the molecule is Cn1nnc2c(Nc3ccc(C(N)=O)cc3)ncnc21. The molecule has 0 spiro atoms. The number of carbonyl (C=O) groups is 1. The van der Waals surface area contributed by atoms with E-state index in [1.54, 1.807) is 36.0 Å². The summed E-state index contributed by atoms with van der Waals surface area (Å²) in [5.41, 5.74) is 7.62. The second-order valence-corrected chi connectivity index (χ2v) is 4.17. The van der Waals surface area contributed by atoms with Crippen LogP contribution in [0.2, 0.25) is 0 Å². The number of hydrogen-bond acceptors (Lipinski definition) is 6. The minimum Gasteiger partial charge on any atom is -0.366 e. The predicted octanol–water partition coefficient (Wildman–Crippen LogP) is 0.601. The van der Waals surface area contributed by atoms with Crippen molar-refractivity contribution in [2.75, 3.05) is 5.32 Å². The fourth-order valence-corrected chi connectivity index (χ4v) is 1.80. The van der Waals surface area contributed by atoms with Crippen LogP contribution in [0.1, 0.15) is 10.4 Å². The Bertz CT molecular complexity index is 778. The Morgan fingerprint density at radius 1 is 1.25 bits per heavy atom. The number of aryl methyl sites for hydroxylation is 1. The molecule has 3 rings (SSSR count). The number of nitrogens with one attached hydrogen (secondary N) is 1. The molecule has 0 atom stereocenters. The molecule has 2 aromatic heterocycles. The lowest BCUT2D eigenvalue weighted by molar-refractivity contribution is 0.100. The topological polar surface area (TPSA) is 112 Å². The van der Waals surface area contributed by atoms with Crippen LogP contribution in [0, 0.1) is 0 Å². The number of benzene rings is 1. The van der Waals surface area contributed by atoms with E-state index in [0.717, 1.165) is 5.69 Å². The van der Waals surface area contributed by atoms with E-state index >= 15 is 0 Å². The molecule has 1 amide bonds. The Kier molecular flexibility index (Phi) is 2.75. The molecule has 8 nitrogen and oxygen atoms in total. The van der Waals surface area contributed by atoms with Crippen molar-refractivity contribution >= 4 is 28.6 Å². The zero-order valence-electron chi connectivity index (χ0n) is 10.6. The summed E-state index contributed by atoms with van der Waals surface area (Å²) in [4.78, 5) is 19.3. The first-order valence-corrected chi connectivity index (χ1v) is 5.82. The first-order valence-electron chi connectivity index (χ1n) is 5.82. The van der Waals surface area contributed by atoms with Crippen LogP contribution in [0.3, 0.4) is 0 Å². The number of primary amides is 1. The van der Waals surface area contributed by atoms with Gasteiger partial charge in [-0.25, -0.2) is 14.6 Å². The van der Waals surface area contributed by atoms with Crippen molar-refractivity contribution in [3.05, 3.63) is 36.2 Å². The minimum atomic E-state index is -0.463. The van der Waals surface area contributed by atoms with E-state index in [9.17, 15) is 4.79 Å². The van der Waals surface area contributed by atoms with Crippen LogP contribution in [-0.2, 0) is 7.05 Å². The lowest BCUT2D eigenvalue weighted by Crippen LogP contribution is -2.10. The fourth-order valence-electron chi connectivity index (χ4n) is 1.80. The number of carbonyl (C=O) groups excluding carboxylic acids is 1. The number of amides is 1. The van der Waals surface area contributed by atoms with Gasteiger partial charge in [-0.05, 0) is 24.3 Å². The molecule has 0 aliphatic rings. The third-order valence-corrected chi connectivity index (χ3v) is 2.82. The number of nitrogens with two attached hydrogens (primary N) is 1. The normalized spacial score (nSPS) is 10.7. The molecule has 0 saturated heterocycles. The molecule has 0 aliphatic carbocycles. The standard InChI is InChI=1S/C12H11N7O/c1-19-12-9(17-18-19)11(14-6-15-12)16-8-4-2-7(3-5-8)10(13)20/h2-6H,1H3,(H2,13,20)(H,14,15,16). The van der Waals surface area contributed by atoms with Gasteiger partial charge < -0.3 is 11.1 Å². The first-order chi connectivity index (χ1) is 9.65. The third kappa shape index (κ3) is 2.03. The average molecular weight is 269 g/mol. The van der Waals surface area contributed by atoms with Crippen LogP contribution in [0.4, 0.5) is 11.5 Å². The highest BCUT2D eigenvalue weighted by Gasteiger charge is 2.09. The molecule has 8 heteroatoms. The Morgan fingerprint density at radius 2 is 2.00 bits per heavy atom. The molecule has 20 heavy (non-hydrogen) atoms. The third-order valence-electron chi connectivity index (χ3n) is 2.82. The van der Waals surface area contributed by atoms with Crippen LogP contribution in [0.25, 0.3) is 11.2 Å². The highest BCUT2D eigenvalue weighted by Crippen LogP contribution is 2.20. The molecule has 1 aromatic carbocycles. The molecule has 3 N–H and O–H groups in total. The highest BCUT2D eigenvalue weighted by molar-refractivity contribution is 5.93. The zero-order chi connectivity index (χ0) is 14.1. The van der Waals surface area contributed by atoms with Crippen LogP contribution < -0.4 is 11.1 Å². The summed E-state index contributed by atoms with van der Waals surface area (Å²) in [6.07, 6.45) is 1.44. The van der Waals surface area contributed by atoms with Gasteiger partial charge in [-0.15, -0.1) is 5.10 Å². The summed E-state index contributed by atoms with van der Waals surface area (Å²) in [7, 11) is 1.76. The quantitative estimate of drug-likeness (QED) is 0.720. The van der Waals surface area contributed by atoms with Gasteiger partial charge in [0, 0.05) is 18.3 Å². The maximum atomic E-state index is 11.0. The molecule has 0 saturated carbocycles. The van der Waals surface area contributed by atoms with Gasteiger partial charge in [-0.3, -0.25) is 4.79 Å². The van der Waals surface area contributed by atoms with E-state index in [1.165, 1.54) is 6.33 Å². The minimum absolute atomic E-state index is 0.447. The molecule has 0 aliphatic heterocycles. The van der Waals surface area contributed by atoms with Gasteiger partial charge in [-0.2, -0.15) is 0 Å². The predicted molar refractivity (Wildman–Crippen MR) is 72.3 cm³/mol. The van der Waals surface area contributed by atoms with E-state index in [-0.39, 0.29) is 0 Å². The van der Waals surface area contributed by atoms with Crippen LogP contribution in [0.15, 0.2) is 30.6 Å². The number of rotatable bonds is 3. The number of hydrogen-bond donors (Lipinski definition) is 2. The highest BCUT2D eigenvalue weighted by atomic mass is 16.1. The van der Waals surface area contributed by atoms with Gasteiger partial charge in [0.05, 0.1) is 0 Å². The van der Waals surface area contributed by atoms with Gasteiger partial charge in [0.25, 0.3) is 0 Å². The largest absolute Gasteiger partial charge is 0.366 e. The number of nitrogens with zero attached hydrogens (tertiary/aromatic N) is 5. The second-order valence-electron chi connectivity index (χ2n) is 4.17. The molecule has 0 radical (unpaired) electrons. The van der Waals surface area contributed by atoms with Crippen molar-refractivity contribution in [2.24, 2.45) is 12.8 Å². The van der Waals surface area contributed by atoms with Crippen LogP contribution in [-0.4, -0.2) is 30.9 Å². The first kappa shape index (κ1) is 12.0. The summed E-state index contributed by atoms with van der Waals surface area (Å²) in [5, 5.41) is 11.0. The Morgan fingerprint density at radius 3 is 2.70 bits per heavy atom. The second kappa shape index (κ2) is 4.57. The van der Waals surface area contributed by atoms with Crippen molar-refractivity contribution in [2.45, 2.75) is 0 Å². The number of aromatic nitrogens is 5. The van der Waals surface area contributed by atoms with Crippen molar-refractivity contribution in [3.8, 4) is 0 Å². The molecule has 0 bridgehead atoms. The Hall–Kier alpha value is -3.03. The molecule has 100 valence electrons. The fraction of sp³-hybridized carbons (Fsp3) is 0.0833. The van der Waals surface area contributed by atoms with E-state index in [1.807, 2.05) is 0 Å². The maximum Gasteiger partial charge on any atom is 0.248 e. The van der Waals surface area contributed by atoms with Crippen LogP contribution >= 0.6 is 0 Å². The average Bonchev–Trinajstić information content (AvgIpc) is 2.82. The lowest BCUT2D eigenvalue weighted by atomic mass is 10.2. The van der Waals surface area contributed by atoms with Gasteiger partial charge >= 0.3 is 0 Å². The number of anilines is 2. The van der Waals surface area contributed by atoms with Crippen molar-refractivity contribution in [1.29, 1.82) is 0 Å². The van der Waals surface area contributed by atoms with E-state index in [0.29, 0.717) is 22.5 Å². The van der Waals surface area contributed by atoms with E-state index in [4.69, 9.17) is 5.73 Å². The lowest BCUT2D eigenvalue weighted by Gasteiger charge is -2.05. The molecule has 3 aromatic rings. The Labute approximate surface area is 113 Å². The van der Waals surface area contributed by atoms with Gasteiger partial charge in [-0.1, -0.05) is 5.21 Å². The summed E-state index contributed by atoms with van der Waals surface area (Å²) < 4.78 is 1.57. The van der Waals surface area contributed by atoms with Gasteiger partial charge in [0.1, 0.15) is 6.33 Å². The smallest absolute Gasteiger partial charge is 0.248 e. The maximum absolute atomic E-state index is 11.0. The van der Waals surface area contributed by atoms with Crippen LogP contribution in [0.5, 0.6) is 0 Å². The monoisotopic (exact) mass is 269 g/mol. The Balaban J connectivity index is 1.95. The molecular formula is C12H11N7O. The summed E-state index contributed by atoms with van der Waals surface area (Å²) in [6, 6.07) is 6.76.